The average Bonchev–Trinajstić information content (AvgIpc) is 2.81. The van der Waals surface area contributed by atoms with Crippen molar-refractivity contribution < 1.29 is 0 Å². The van der Waals surface area contributed by atoms with Gasteiger partial charge in [-0.15, -0.1) is 0 Å². The quantitative estimate of drug-likeness (QED) is 0.352. The van der Waals surface area contributed by atoms with E-state index in [0.717, 1.165) is 23.8 Å². The lowest BCUT2D eigenvalue weighted by atomic mass is 9.49. The lowest BCUT2D eigenvalue weighted by Gasteiger charge is -2.66. The van der Waals surface area contributed by atoms with Crippen LogP contribution in [0.3, 0.4) is 0 Å². The Morgan fingerprint density at radius 2 is 1.22 bits per heavy atom. The van der Waals surface area contributed by atoms with E-state index in [0.29, 0.717) is 11.0 Å². The molecule has 0 amide bonds. The van der Waals surface area contributed by atoms with Crippen molar-refractivity contribution in [3.63, 3.8) is 0 Å². The normalized spacial score (nSPS) is 34.2. The minimum atomic E-state index is 0. The van der Waals surface area contributed by atoms with Crippen molar-refractivity contribution in [3.05, 3.63) is 34.9 Å². The number of hydrogen-bond donors (Lipinski definition) is 0. The van der Waals surface area contributed by atoms with Crippen LogP contribution in [0.15, 0.2) is 18.2 Å². The molecule has 3 aliphatic heterocycles. The molecular formula is C34H62N2. The standard InChI is InChI=1S/C17H27N.C15H27N.2CH4/c1-15(2,3)12-9-10-13-14(11-12)17(6,7)18(8)16(13,4)5;1-14(2,3)13-10-6-12-7-11(13)9-15(4,8-10)16(12)5;;/h9-11H,1-8H3;10-13H,6-9H2,1-5H3;2*1H4. The largest absolute Gasteiger partial charge is 0.298 e. The summed E-state index contributed by atoms with van der Waals surface area (Å²) in [7, 11) is 4.60. The van der Waals surface area contributed by atoms with Crippen LogP contribution in [0.1, 0.15) is 133 Å². The third-order valence-corrected chi connectivity index (χ3v) is 10.8. The Morgan fingerprint density at radius 3 is 1.64 bits per heavy atom. The number of hydrogen-bond acceptors (Lipinski definition) is 2. The summed E-state index contributed by atoms with van der Waals surface area (Å²) in [6.07, 6.45) is 5.87. The van der Waals surface area contributed by atoms with Crippen LogP contribution in [-0.2, 0) is 16.5 Å². The number of nitrogens with zero attached hydrogens (tertiary/aromatic N) is 2. The summed E-state index contributed by atoms with van der Waals surface area (Å²) in [6, 6.07) is 7.96. The van der Waals surface area contributed by atoms with E-state index >= 15 is 0 Å². The molecular weight excluding hydrogens is 436 g/mol. The molecule has 4 fully saturated rings. The Kier molecular flexibility index (Phi) is 8.19. The lowest BCUT2D eigenvalue weighted by Crippen LogP contribution is -2.66. The fourth-order valence-electron chi connectivity index (χ4n) is 8.68. The first kappa shape index (κ1) is 31.4. The number of benzene rings is 1. The molecule has 5 aliphatic rings. The number of fused-ring (bicyclic) bond motifs is 1. The van der Waals surface area contributed by atoms with Gasteiger partial charge in [0.05, 0.1) is 0 Å². The van der Waals surface area contributed by atoms with Crippen LogP contribution >= 0.6 is 0 Å². The first-order valence-corrected chi connectivity index (χ1v) is 13.9. The zero-order chi connectivity index (χ0) is 25.6. The third kappa shape index (κ3) is 4.84. The predicted octanol–water partition coefficient (Wildman–Crippen LogP) is 9.21. The minimum Gasteiger partial charge on any atom is -0.298 e. The van der Waals surface area contributed by atoms with Gasteiger partial charge in [0.1, 0.15) is 0 Å². The molecule has 0 spiro atoms. The van der Waals surface area contributed by atoms with Gasteiger partial charge in [0.25, 0.3) is 0 Å². The SMILES string of the molecule is C.C.CN1C(C)(C)c2ccc(C(C)(C)C)cc2C1(C)C.CN1C2CC3CC1(C)CC(C2)C3C(C)(C)C. The first-order chi connectivity index (χ1) is 15.3. The Hall–Kier alpha value is -0.860. The van der Waals surface area contributed by atoms with Crippen LogP contribution in [0, 0.1) is 23.2 Å². The second kappa shape index (κ2) is 9.41. The van der Waals surface area contributed by atoms with E-state index in [4.69, 9.17) is 0 Å². The summed E-state index contributed by atoms with van der Waals surface area (Å²) in [6.45, 7) is 26.0. The monoisotopic (exact) mass is 498 g/mol. The molecule has 1 aromatic carbocycles. The van der Waals surface area contributed by atoms with Crippen molar-refractivity contribution in [3.8, 4) is 0 Å². The van der Waals surface area contributed by atoms with E-state index in [2.05, 4.69) is 118 Å². The lowest BCUT2D eigenvalue weighted by molar-refractivity contribution is -0.155. The minimum absolute atomic E-state index is 0. The molecule has 0 radical (unpaired) electrons. The maximum absolute atomic E-state index is 2.71. The van der Waals surface area contributed by atoms with E-state index in [9.17, 15) is 0 Å². The summed E-state index contributed by atoms with van der Waals surface area (Å²) in [5.41, 5.74) is 5.91. The molecule has 2 aliphatic carbocycles. The van der Waals surface area contributed by atoms with Gasteiger partial charge < -0.3 is 0 Å². The highest BCUT2D eigenvalue weighted by atomic mass is 15.2. The molecule has 2 saturated heterocycles. The molecule has 4 bridgehead atoms. The van der Waals surface area contributed by atoms with E-state index in [1.165, 1.54) is 42.4 Å². The second-order valence-corrected chi connectivity index (χ2v) is 15.7. The first-order valence-electron chi connectivity index (χ1n) is 13.9. The summed E-state index contributed by atoms with van der Waals surface area (Å²) in [5, 5.41) is 0. The van der Waals surface area contributed by atoms with Gasteiger partial charge in [0, 0.05) is 22.7 Å². The fourth-order valence-corrected chi connectivity index (χ4v) is 8.68. The second-order valence-electron chi connectivity index (χ2n) is 15.7. The van der Waals surface area contributed by atoms with Crippen LogP contribution in [0.5, 0.6) is 0 Å². The van der Waals surface area contributed by atoms with Crippen LogP contribution in [0.4, 0.5) is 0 Å². The zero-order valence-electron chi connectivity index (χ0n) is 24.8. The summed E-state index contributed by atoms with van der Waals surface area (Å²) >= 11 is 0. The van der Waals surface area contributed by atoms with Gasteiger partial charge in [0.15, 0.2) is 0 Å². The highest BCUT2D eigenvalue weighted by molar-refractivity contribution is 5.46. The van der Waals surface area contributed by atoms with Crippen molar-refractivity contribution in [2.24, 2.45) is 23.2 Å². The van der Waals surface area contributed by atoms with E-state index < -0.39 is 0 Å². The highest BCUT2D eigenvalue weighted by Crippen LogP contribution is 2.60. The molecule has 2 saturated carbocycles. The molecule has 2 unspecified atom stereocenters. The van der Waals surface area contributed by atoms with Gasteiger partial charge in [0.2, 0.25) is 0 Å². The summed E-state index contributed by atoms with van der Waals surface area (Å²) < 4.78 is 0. The molecule has 2 nitrogen and oxygen atoms in total. The Bertz CT molecular complexity index is 909. The molecule has 2 atom stereocenters. The van der Waals surface area contributed by atoms with Crippen LogP contribution < -0.4 is 0 Å². The van der Waals surface area contributed by atoms with Crippen LogP contribution in [-0.4, -0.2) is 35.5 Å². The van der Waals surface area contributed by atoms with Crippen molar-refractivity contribution >= 4 is 0 Å². The van der Waals surface area contributed by atoms with Crippen molar-refractivity contribution in [2.75, 3.05) is 14.1 Å². The molecule has 36 heavy (non-hydrogen) atoms. The van der Waals surface area contributed by atoms with Crippen LogP contribution in [0.25, 0.3) is 0 Å². The highest BCUT2D eigenvalue weighted by Gasteiger charge is 2.58. The van der Waals surface area contributed by atoms with E-state index in [1.54, 1.807) is 0 Å². The van der Waals surface area contributed by atoms with Crippen molar-refractivity contribution in [1.29, 1.82) is 0 Å². The molecule has 6 rings (SSSR count). The van der Waals surface area contributed by atoms with Gasteiger partial charge in [-0.1, -0.05) is 74.6 Å². The predicted molar refractivity (Wildman–Crippen MR) is 161 cm³/mol. The zero-order valence-corrected chi connectivity index (χ0v) is 24.8. The van der Waals surface area contributed by atoms with Gasteiger partial charge in [-0.2, -0.15) is 0 Å². The molecule has 1 aromatic rings. The van der Waals surface area contributed by atoms with Crippen molar-refractivity contribution in [1.82, 2.24) is 9.80 Å². The summed E-state index contributed by atoms with van der Waals surface area (Å²) in [5.74, 6) is 3.02. The number of piperidine rings is 2. The van der Waals surface area contributed by atoms with E-state index in [1.807, 2.05) is 0 Å². The topological polar surface area (TPSA) is 6.48 Å². The van der Waals surface area contributed by atoms with Crippen LogP contribution in [0.2, 0.25) is 0 Å². The summed E-state index contributed by atoms with van der Waals surface area (Å²) in [4.78, 5) is 5.19. The van der Waals surface area contributed by atoms with Gasteiger partial charge in [-0.05, 0) is 120 Å². The maximum Gasteiger partial charge on any atom is 0.0413 e. The molecule has 208 valence electrons. The number of rotatable bonds is 0. The Balaban J connectivity index is 0.000000241. The van der Waals surface area contributed by atoms with Gasteiger partial charge in [-0.25, -0.2) is 0 Å². The molecule has 0 aromatic heterocycles. The molecule has 2 heteroatoms. The molecule has 3 heterocycles. The maximum atomic E-state index is 2.71. The molecule has 0 N–H and O–H groups in total. The van der Waals surface area contributed by atoms with Crippen molar-refractivity contribution in [2.45, 2.75) is 145 Å². The van der Waals surface area contributed by atoms with E-state index in [-0.39, 0.29) is 31.3 Å². The smallest absolute Gasteiger partial charge is 0.0413 e. The van der Waals surface area contributed by atoms with Gasteiger partial charge >= 0.3 is 0 Å². The van der Waals surface area contributed by atoms with Gasteiger partial charge in [-0.3, -0.25) is 9.80 Å². The third-order valence-electron chi connectivity index (χ3n) is 10.8. The average molecular weight is 499 g/mol. The fraction of sp³-hybridized carbons (Fsp3) is 0.824. The Morgan fingerprint density at radius 1 is 0.750 bits per heavy atom. The Labute approximate surface area is 226 Å².